The number of benzene rings is 7. The second-order valence-electron chi connectivity index (χ2n) is 32.9. The summed E-state index contributed by atoms with van der Waals surface area (Å²) in [5.74, 6) is 0. The first-order valence-corrected chi connectivity index (χ1v) is 34.4. The van der Waals surface area contributed by atoms with E-state index in [1.54, 1.807) is 0 Å². The molecule has 7 aromatic carbocycles. The maximum atomic E-state index is 8.07. The topological polar surface area (TPSA) is 22.9 Å². The summed E-state index contributed by atoms with van der Waals surface area (Å²) in [5, 5.41) is 1.21. The fraction of sp³-hybridized carbons (Fsp3) is 0.415. The van der Waals surface area contributed by atoms with Crippen LogP contribution in [0.2, 0.25) is 0 Å². The van der Waals surface area contributed by atoms with Gasteiger partial charge in [-0.05, 0) is 237 Å². The molecule has 15 rings (SSSR count). The largest absolute Gasteiger partial charge is 0.468 e. The molecule has 7 aliphatic rings. The third-order valence-corrected chi connectivity index (χ3v) is 24.5. The van der Waals surface area contributed by atoms with E-state index >= 15 is 0 Å². The van der Waals surface area contributed by atoms with Gasteiger partial charge in [0, 0.05) is 59.6 Å². The molecule has 8 aromatic rings. The van der Waals surface area contributed by atoms with Gasteiger partial charge in [0.25, 0.3) is 6.71 Å². The highest BCUT2D eigenvalue weighted by Crippen LogP contribution is 2.59. The molecule has 1 aromatic heterocycles. The van der Waals surface area contributed by atoms with Gasteiger partial charge in [-0.1, -0.05) is 199 Å². The molecule has 5 aliphatic carbocycles. The summed E-state index contributed by atoms with van der Waals surface area (Å²) < 4.78 is 8.00. The van der Waals surface area contributed by atoms with Gasteiger partial charge < -0.3 is 19.1 Å². The zero-order valence-electron chi connectivity index (χ0n) is 55.7. The molecule has 0 N–H and O–H groups in total. The van der Waals surface area contributed by atoms with Crippen molar-refractivity contribution in [3.8, 4) is 11.1 Å². The normalized spacial score (nSPS) is 22.5. The molecule has 0 bridgehead atoms. The van der Waals surface area contributed by atoms with E-state index in [4.69, 9.17) is 4.42 Å². The van der Waals surface area contributed by atoms with Crippen LogP contribution in [0.25, 0.3) is 22.1 Å². The van der Waals surface area contributed by atoms with Gasteiger partial charge in [0.05, 0.1) is 17.4 Å². The number of hydrogen-bond acceptors (Lipinski definition) is 4. The van der Waals surface area contributed by atoms with E-state index in [0.717, 1.165) is 62.6 Å². The zero-order valence-corrected chi connectivity index (χ0v) is 57.9. The van der Waals surface area contributed by atoms with Crippen molar-refractivity contribution in [2.75, 3.05) is 14.7 Å². The Hall–Kier alpha value is -6.25. The second-order valence-corrected chi connectivity index (χ2v) is 35.3. The van der Waals surface area contributed by atoms with Crippen molar-refractivity contribution in [1.82, 2.24) is 0 Å². The van der Waals surface area contributed by atoms with Gasteiger partial charge in [-0.2, -0.15) is 0 Å². The highest BCUT2D eigenvalue weighted by Gasteiger charge is 2.52. The maximum Gasteiger partial charge on any atom is 0.295 e. The molecule has 0 fully saturated rings. The maximum absolute atomic E-state index is 8.07. The van der Waals surface area contributed by atoms with Crippen LogP contribution < -0.4 is 31.3 Å². The van der Waals surface area contributed by atoms with Crippen LogP contribution in [0.4, 0.5) is 39.8 Å². The number of furan rings is 1. The lowest BCUT2D eigenvalue weighted by atomic mass is 9.36. The Balaban J connectivity index is 1.12. The lowest BCUT2D eigenvalue weighted by Gasteiger charge is -2.43. The molecule has 3 heterocycles. The summed E-state index contributed by atoms with van der Waals surface area (Å²) in [6, 6.07) is 49.2. The van der Waals surface area contributed by atoms with Gasteiger partial charge in [0.2, 0.25) is 0 Å². The molecule has 2 atom stereocenters. The van der Waals surface area contributed by atoms with Gasteiger partial charge in [0.15, 0.2) is 0 Å². The van der Waals surface area contributed by atoms with Gasteiger partial charge in [-0.15, -0.1) is 0 Å². The highest BCUT2D eigenvalue weighted by atomic mass is 127. The Morgan fingerprint density at radius 2 is 1.22 bits per heavy atom. The summed E-state index contributed by atoms with van der Waals surface area (Å²) in [6.45, 7) is 41.6. The lowest BCUT2D eigenvalue weighted by molar-refractivity contribution is 0.332. The summed E-state index contributed by atoms with van der Waals surface area (Å²) in [7, 11) is 0. The molecule has 0 saturated heterocycles. The van der Waals surface area contributed by atoms with Crippen LogP contribution in [0.15, 0.2) is 150 Å². The fourth-order valence-corrected chi connectivity index (χ4v) is 18.3. The van der Waals surface area contributed by atoms with E-state index in [0.29, 0.717) is 0 Å². The summed E-state index contributed by atoms with van der Waals surface area (Å²) in [4.78, 5) is 8.15. The monoisotopic (exact) mass is 1270 g/mol. The summed E-state index contributed by atoms with van der Waals surface area (Å²) in [6.07, 6.45) is 15.7. The molecule has 0 amide bonds. The first kappa shape index (κ1) is 58.1. The lowest BCUT2D eigenvalue weighted by Crippen LogP contribution is -2.58. The number of fused-ring (bicyclic) bond motifs is 12. The third-order valence-electron chi connectivity index (χ3n) is 23.4. The van der Waals surface area contributed by atoms with Crippen molar-refractivity contribution in [3.05, 3.63) is 201 Å². The number of allylic oxidation sites excluding steroid dienone is 4. The van der Waals surface area contributed by atoms with Crippen LogP contribution in [0, 0.1) is 0 Å². The molecule has 2 unspecified atom stereocenters. The molecule has 6 heteroatoms. The number of hydrogen-bond donors (Lipinski definition) is 0. The average molecular weight is 1270 g/mol. The minimum Gasteiger partial charge on any atom is -0.468 e. The zero-order chi connectivity index (χ0) is 61.9. The first-order chi connectivity index (χ1) is 41.4. The van der Waals surface area contributed by atoms with Gasteiger partial charge in [0.1, 0.15) is 5.58 Å². The predicted octanol–water partition coefficient (Wildman–Crippen LogP) is 21.3. The fourth-order valence-electron chi connectivity index (χ4n) is 17.5. The summed E-state index contributed by atoms with van der Waals surface area (Å²) in [5.41, 5.74) is 31.3. The van der Waals surface area contributed by atoms with Crippen LogP contribution in [0.5, 0.6) is 0 Å². The predicted molar refractivity (Wildman–Crippen MR) is 384 cm³/mol. The average Bonchev–Trinajstić information content (AvgIpc) is 1.44. The van der Waals surface area contributed by atoms with Crippen LogP contribution >= 0.6 is 22.6 Å². The minimum atomic E-state index is -0.244. The standard InChI is InChI=1S/C82H91BIN3O/c1-49-56-42-54(86(51-25-20-18-21-26-51)52-27-22-19-23-28-52)44-69-72(56)83(74-73(57-45-62-64(48-70(57)88-74)79(11,12)38-37-78(62,9)10)87(69)53-32-34-58-61(43-53)77(7,8)36-35-76(58,5)6)66-46-63-65(82(17,84)40-39-80(63,13)14)47-68(66)85(49)67-30-24-29-59-71(67)55-33-31-50(75(2,3)4)41-60(55)81(59,15)16/h18-22,24-27,29-34,41-49H,23,28,35-40H2,1-17H3. The highest BCUT2D eigenvalue weighted by molar-refractivity contribution is 14.1. The van der Waals surface area contributed by atoms with E-state index in [2.05, 4.69) is 295 Å². The van der Waals surface area contributed by atoms with Crippen LogP contribution in [0.1, 0.15) is 231 Å². The van der Waals surface area contributed by atoms with Gasteiger partial charge in [-0.3, -0.25) is 0 Å². The van der Waals surface area contributed by atoms with Crippen molar-refractivity contribution < 1.29 is 4.42 Å². The Morgan fingerprint density at radius 1 is 0.568 bits per heavy atom. The van der Waals surface area contributed by atoms with E-state index in [1.807, 2.05) is 0 Å². The van der Waals surface area contributed by atoms with Crippen molar-refractivity contribution in [3.63, 3.8) is 0 Å². The number of nitrogens with zero attached hydrogens (tertiary/aromatic N) is 3. The number of para-hydroxylation sites is 1. The molecular formula is C82H91BIN3O. The number of alkyl halides is 1. The van der Waals surface area contributed by atoms with Crippen molar-refractivity contribution in [2.45, 2.75) is 216 Å². The molecule has 0 saturated carbocycles. The molecule has 4 nitrogen and oxygen atoms in total. The first-order valence-electron chi connectivity index (χ1n) is 33.3. The second kappa shape index (κ2) is 19.2. The Morgan fingerprint density at radius 3 is 1.89 bits per heavy atom. The van der Waals surface area contributed by atoms with E-state index in [9.17, 15) is 0 Å². The number of anilines is 7. The van der Waals surface area contributed by atoms with Crippen LogP contribution in [-0.4, -0.2) is 6.71 Å². The van der Waals surface area contributed by atoms with Gasteiger partial charge in [-0.25, -0.2) is 0 Å². The number of rotatable bonds is 5. The molecule has 0 radical (unpaired) electrons. The SMILES string of the molecule is CC1c2cc(N(C3=CC=CCC3)c3ccccc3)cc3c2B(c2cc4c(cc2N1c1cccc2c1-c1ccc(C(C)(C)C)cc1C2(C)C)C(C)(I)CCC4(C)C)c1oc2cc4c(cc2c1N3c1ccc2c(c1)C(C)(C)CCC2(C)C)C(C)(C)CCC4(C)C. The Bertz CT molecular complexity index is 4340. The molecule has 0 spiro atoms. The van der Waals surface area contributed by atoms with Crippen molar-refractivity contribution >= 4 is 96.7 Å². The van der Waals surface area contributed by atoms with Crippen molar-refractivity contribution in [1.29, 1.82) is 0 Å². The molecule has 450 valence electrons. The van der Waals surface area contributed by atoms with Gasteiger partial charge >= 0.3 is 0 Å². The molecule has 88 heavy (non-hydrogen) atoms. The van der Waals surface area contributed by atoms with E-state index in [-0.39, 0.29) is 54.1 Å². The summed E-state index contributed by atoms with van der Waals surface area (Å²) >= 11 is 2.83. The minimum absolute atomic E-state index is 0.00312. The molecule has 2 aliphatic heterocycles. The van der Waals surface area contributed by atoms with Crippen molar-refractivity contribution in [2.24, 2.45) is 0 Å². The smallest absolute Gasteiger partial charge is 0.295 e. The Kier molecular flexibility index (Phi) is 12.7. The molecular weight excluding hydrogens is 1180 g/mol. The third kappa shape index (κ3) is 8.53. The number of halogens is 1. The quantitative estimate of drug-likeness (QED) is 0.0973. The van der Waals surface area contributed by atoms with Crippen LogP contribution in [-0.2, 0) is 41.3 Å². The Labute approximate surface area is 540 Å². The van der Waals surface area contributed by atoms with E-state index in [1.165, 1.54) is 129 Å². The van der Waals surface area contributed by atoms with E-state index < -0.39 is 0 Å². The van der Waals surface area contributed by atoms with Crippen LogP contribution in [0.3, 0.4) is 0 Å².